The number of likely N-dealkylation sites (tertiary alicyclic amines) is 1. The maximum absolute atomic E-state index is 4.55. The summed E-state index contributed by atoms with van der Waals surface area (Å²) in [4.78, 5) is 9.20. The molecule has 1 aliphatic rings. The van der Waals surface area contributed by atoms with Crippen LogP contribution in [0.2, 0.25) is 0 Å². The van der Waals surface area contributed by atoms with Crippen LogP contribution >= 0.6 is 0 Å². The van der Waals surface area contributed by atoms with E-state index in [2.05, 4.69) is 42.1 Å². The third-order valence-corrected chi connectivity index (χ3v) is 3.82. The second-order valence-electron chi connectivity index (χ2n) is 5.69. The lowest BCUT2D eigenvalue weighted by molar-refractivity contribution is 0.112. The van der Waals surface area contributed by atoms with Crippen molar-refractivity contribution in [1.29, 1.82) is 0 Å². The van der Waals surface area contributed by atoms with Crippen molar-refractivity contribution >= 4 is 5.82 Å². The van der Waals surface area contributed by atoms with Gasteiger partial charge in [-0.25, -0.2) is 4.98 Å². The van der Waals surface area contributed by atoms with Gasteiger partial charge in [-0.3, -0.25) is 4.90 Å². The summed E-state index contributed by atoms with van der Waals surface area (Å²) in [7, 11) is 4.06. The van der Waals surface area contributed by atoms with Gasteiger partial charge in [-0.2, -0.15) is 0 Å². The molecule has 0 aromatic carbocycles. The number of piperidine rings is 1. The number of nitrogens with zero attached hydrogens (tertiary/aromatic N) is 3. The number of hydrogen-bond donors (Lipinski definition) is 0. The van der Waals surface area contributed by atoms with Gasteiger partial charge in [-0.15, -0.1) is 0 Å². The number of pyridine rings is 1. The van der Waals surface area contributed by atoms with Gasteiger partial charge in [0, 0.05) is 32.4 Å². The van der Waals surface area contributed by atoms with Crippen LogP contribution in [0.15, 0.2) is 18.3 Å². The van der Waals surface area contributed by atoms with E-state index >= 15 is 0 Å². The summed E-state index contributed by atoms with van der Waals surface area (Å²) in [6.45, 7) is 5.80. The molecule has 1 aromatic rings. The van der Waals surface area contributed by atoms with Crippen LogP contribution < -0.4 is 4.90 Å². The van der Waals surface area contributed by atoms with Gasteiger partial charge in [0.1, 0.15) is 5.82 Å². The van der Waals surface area contributed by atoms with Crippen molar-refractivity contribution in [3.63, 3.8) is 0 Å². The van der Waals surface area contributed by atoms with E-state index in [9.17, 15) is 0 Å². The predicted octanol–water partition coefficient (Wildman–Crippen LogP) is 3.08. The van der Waals surface area contributed by atoms with Gasteiger partial charge in [0.25, 0.3) is 0 Å². The molecule has 1 aliphatic heterocycles. The smallest absolute Gasteiger partial charge is 0.127 e. The number of aromatic nitrogens is 1. The van der Waals surface area contributed by atoms with E-state index in [-0.39, 0.29) is 0 Å². The molecular weight excluding hydrogens is 222 g/mol. The molecule has 0 aliphatic carbocycles. The third kappa shape index (κ3) is 2.83. The summed E-state index contributed by atoms with van der Waals surface area (Å²) in [5.74, 6) is 1.03. The highest BCUT2D eigenvalue weighted by molar-refractivity contribution is 5.37. The van der Waals surface area contributed by atoms with Crippen molar-refractivity contribution in [1.82, 2.24) is 9.88 Å². The fourth-order valence-corrected chi connectivity index (χ4v) is 2.79. The van der Waals surface area contributed by atoms with E-state index in [1.807, 2.05) is 19.0 Å². The van der Waals surface area contributed by atoms with Crippen molar-refractivity contribution in [2.75, 3.05) is 25.5 Å². The highest BCUT2D eigenvalue weighted by Gasteiger charge is 2.25. The first-order valence-electron chi connectivity index (χ1n) is 6.98. The molecule has 0 unspecified atom stereocenters. The topological polar surface area (TPSA) is 19.4 Å². The molecule has 1 atom stereocenters. The van der Waals surface area contributed by atoms with Crippen LogP contribution in [0.4, 0.5) is 5.82 Å². The van der Waals surface area contributed by atoms with Crippen LogP contribution in [-0.4, -0.2) is 36.6 Å². The molecule has 1 saturated heterocycles. The lowest BCUT2D eigenvalue weighted by Gasteiger charge is -2.38. The number of hydrogen-bond acceptors (Lipinski definition) is 3. The number of anilines is 1. The van der Waals surface area contributed by atoms with Gasteiger partial charge in [-0.1, -0.05) is 12.5 Å². The molecule has 0 amide bonds. The van der Waals surface area contributed by atoms with Crippen LogP contribution in [0.1, 0.15) is 44.7 Å². The number of rotatable bonds is 3. The molecule has 0 radical (unpaired) electrons. The van der Waals surface area contributed by atoms with Gasteiger partial charge >= 0.3 is 0 Å². The fraction of sp³-hybridized carbons (Fsp3) is 0.667. The van der Waals surface area contributed by atoms with E-state index < -0.39 is 0 Å². The van der Waals surface area contributed by atoms with Gasteiger partial charge in [0.2, 0.25) is 0 Å². The van der Waals surface area contributed by atoms with Gasteiger partial charge < -0.3 is 4.90 Å². The first-order chi connectivity index (χ1) is 8.59. The highest BCUT2D eigenvalue weighted by atomic mass is 15.2. The van der Waals surface area contributed by atoms with Crippen molar-refractivity contribution in [3.05, 3.63) is 23.9 Å². The molecule has 0 N–H and O–H groups in total. The normalized spacial score (nSPS) is 21.3. The summed E-state index contributed by atoms with van der Waals surface area (Å²) in [6.07, 6.45) is 5.99. The highest BCUT2D eigenvalue weighted by Crippen LogP contribution is 2.32. The molecule has 1 fully saturated rings. The lowest BCUT2D eigenvalue weighted by Crippen LogP contribution is -2.38. The molecular formula is C15H25N3. The Hall–Kier alpha value is -1.09. The van der Waals surface area contributed by atoms with Crippen LogP contribution in [0.3, 0.4) is 0 Å². The van der Waals surface area contributed by atoms with E-state index in [4.69, 9.17) is 0 Å². The Labute approximate surface area is 111 Å². The zero-order valence-electron chi connectivity index (χ0n) is 12.1. The lowest BCUT2D eigenvalue weighted by atomic mass is 9.95. The zero-order valence-corrected chi connectivity index (χ0v) is 12.1. The Morgan fingerprint density at radius 2 is 2.06 bits per heavy atom. The van der Waals surface area contributed by atoms with E-state index in [0.29, 0.717) is 12.1 Å². The molecule has 3 nitrogen and oxygen atoms in total. The predicted molar refractivity (Wildman–Crippen MR) is 77.0 cm³/mol. The Morgan fingerprint density at radius 1 is 1.28 bits per heavy atom. The Kier molecular flexibility index (Phi) is 4.23. The Balaban J connectivity index is 2.18. The average molecular weight is 247 g/mol. The fourth-order valence-electron chi connectivity index (χ4n) is 2.79. The third-order valence-electron chi connectivity index (χ3n) is 3.82. The second-order valence-corrected chi connectivity index (χ2v) is 5.69. The summed E-state index contributed by atoms with van der Waals surface area (Å²) >= 11 is 0. The molecule has 2 rings (SSSR count). The minimum atomic E-state index is 0.558. The Morgan fingerprint density at radius 3 is 2.61 bits per heavy atom. The SMILES string of the molecule is CC(C)N1CCCC[C@H]1c1ccc(N(C)C)nc1. The van der Waals surface area contributed by atoms with Crippen molar-refractivity contribution in [2.45, 2.75) is 45.2 Å². The van der Waals surface area contributed by atoms with Gasteiger partial charge in [0.15, 0.2) is 0 Å². The maximum atomic E-state index is 4.55. The molecule has 3 heteroatoms. The molecule has 2 heterocycles. The molecule has 100 valence electrons. The van der Waals surface area contributed by atoms with Crippen LogP contribution in [0, 0.1) is 0 Å². The van der Waals surface area contributed by atoms with E-state index in [1.165, 1.54) is 31.4 Å². The molecule has 0 bridgehead atoms. The second kappa shape index (κ2) is 5.70. The van der Waals surface area contributed by atoms with Crippen LogP contribution in [0.5, 0.6) is 0 Å². The molecule has 0 spiro atoms. The Bertz CT molecular complexity index is 370. The summed E-state index contributed by atoms with van der Waals surface area (Å²) in [5, 5.41) is 0. The quantitative estimate of drug-likeness (QED) is 0.818. The minimum Gasteiger partial charge on any atom is -0.363 e. The van der Waals surface area contributed by atoms with Crippen molar-refractivity contribution in [2.24, 2.45) is 0 Å². The van der Waals surface area contributed by atoms with Crippen molar-refractivity contribution < 1.29 is 0 Å². The minimum absolute atomic E-state index is 0.558. The first-order valence-corrected chi connectivity index (χ1v) is 6.98. The van der Waals surface area contributed by atoms with Crippen LogP contribution in [0.25, 0.3) is 0 Å². The average Bonchev–Trinajstić information content (AvgIpc) is 2.39. The molecule has 0 saturated carbocycles. The zero-order chi connectivity index (χ0) is 13.1. The van der Waals surface area contributed by atoms with Gasteiger partial charge in [-0.05, 0) is 44.9 Å². The van der Waals surface area contributed by atoms with E-state index in [0.717, 1.165) is 5.82 Å². The summed E-state index contributed by atoms with van der Waals surface area (Å²) in [5.41, 5.74) is 1.37. The maximum Gasteiger partial charge on any atom is 0.127 e. The summed E-state index contributed by atoms with van der Waals surface area (Å²) in [6, 6.07) is 5.54. The largest absolute Gasteiger partial charge is 0.363 e. The van der Waals surface area contributed by atoms with E-state index in [1.54, 1.807) is 0 Å². The standard InChI is InChI=1S/C15H25N3/c1-12(2)18-10-6-5-7-14(18)13-8-9-15(16-11-13)17(3)4/h8-9,11-12,14H,5-7,10H2,1-4H3/t14-/m0/s1. The molecule has 1 aromatic heterocycles. The summed E-state index contributed by atoms with van der Waals surface area (Å²) < 4.78 is 0. The molecule has 18 heavy (non-hydrogen) atoms. The van der Waals surface area contributed by atoms with Crippen molar-refractivity contribution in [3.8, 4) is 0 Å². The first kappa shape index (κ1) is 13.3. The monoisotopic (exact) mass is 247 g/mol. The van der Waals surface area contributed by atoms with Gasteiger partial charge in [0.05, 0.1) is 0 Å². The van der Waals surface area contributed by atoms with Crippen LogP contribution in [-0.2, 0) is 0 Å².